The van der Waals surface area contributed by atoms with Crippen LogP contribution in [-0.2, 0) is 5.41 Å². The highest BCUT2D eigenvalue weighted by Crippen LogP contribution is 2.56. The fourth-order valence-electron chi connectivity index (χ4n) is 9.65. The maximum Gasteiger partial charge on any atom is 0.164 e. The lowest BCUT2D eigenvalue weighted by Gasteiger charge is -2.33. The largest absolute Gasteiger partial charge is 0.456 e. The Hall–Kier alpha value is -7.95. The van der Waals surface area contributed by atoms with Gasteiger partial charge in [0, 0.05) is 27.5 Å². The molecular formula is C56H35N3O. The van der Waals surface area contributed by atoms with Crippen LogP contribution in [0, 0.1) is 0 Å². The molecule has 280 valence electrons. The van der Waals surface area contributed by atoms with Gasteiger partial charge in [-0.05, 0) is 73.5 Å². The van der Waals surface area contributed by atoms with Crippen molar-refractivity contribution in [2.75, 3.05) is 0 Å². The van der Waals surface area contributed by atoms with Gasteiger partial charge in [-0.2, -0.15) is 0 Å². The minimum atomic E-state index is -0.508. The van der Waals surface area contributed by atoms with Gasteiger partial charge in [-0.1, -0.05) is 194 Å². The second-order valence-electron chi connectivity index (χ2n) is 15.4. The minimum Gasteiger partial charge on any atom is -0.456 e. The number of hydrogen-bond acceptors (Lipinski definition) is 4. The Kier molecular flexibility index (Phi) is 7.72. The standard InChI is InChI=1S/C56H35N3O/c1-4-17-36(18-5-1)53-57-54(37-19-6-2-7-20-37)59-55(58-53)46-34-33-42(40-23-10-11-24-41(40)46)45-27-16-30-50-52(45)47-32-31-39(35-51(47)60-50)56(38-21-8-3-9-22-38)48-28-14-12-25-43(48)44-26-13-15-29-49(44)56/h1-35H. The maximum absolute atomic E-state index is 6.86. The number of furan rings is 1. The van der Waals surface area contributed by atoms with Crippen LogP contribution in [0.5, 0.6) is 0 Å². The van der Waals surface area contributed by atoms with Crippen LogP contribution in [0.25, 0.3) is 89.1 Å². The third kappa shape index (κ3) is 5.14. The first-order valence-electron chi connectivity index (χ1n) is 20.4. The summed E-state index contributed by atoms with van der Waals surface area (Å²) in [7, 11) is 0. The first kappa shape index (κ1) is 34.1. The van der Waals surface area contributed by atoms with Crippen LogP contribution in [0.15, 0.2) is 217 Å². The summed E-state index contributed by atoms with van der Waals surface area (Å²) in [6.45, 7) is 0. The van der Waals surface area contributed by atoms with Gasteiger partial charge >= 0.3 is 0 Å². The molecule has 4 nitrogen and oxygen atoms in total. The predicted molar refractivity (Wildman–Crippen MR) is 244 cm³/mol. The third-order valence-electron chi connectivity index (χ3n) is 12.2. The van der Waals surface area contributed by atoms with Gasteiger partial charge in [0.05, 0.1) is 5.41 Å². The Morgan fingerprint density at radius 1 is 0.317 bits per heavy atom. The summed E-state index contributed by atoms with van der Waals surface area (Å²) in [5.41, 5.74) is 13.8. The Morgan fingerprint density at radius 3 is 1.48 bits per heavy atom. The summed E-state index contributed by atoms with van der Waals surface area (Å²) in [4.78, 5) is 15.1. The molecule has 9 aromatic carbocycles. The average Bonchev–Trinajstić information content (AvgIpc) is 3.86. The molecule has 0 atom stereocenters. The Bertz CT molecular complexity index is 3330. The Balaban J connectivity index is 1.04. The quantitative estimate of drug-likeness (QED) is 0.169. The number of rotatable bonds is 6. The van der Waals surface area contributed by atoms with Gasteiger partial charge in [0.25, 0.3) is 0 Å². The average molecular weight is 766 g/mol. The molecule has 60 heavy (non-hydrogen) atoms. The summed E-state index contributed by atoms with van der Waals surface area (Å²) < 4.78 is 6.86. The molecule has 0 bridgehead atoms. The molecule has 4 heteroatoms. The number of hydrogen-bond donors (Lipinski definition) is 0. The van der Waals surface area contributed by atoms with Gasteiger partial charge < -0.3 is 4.42 Å². The van der Waals surface area contributed by atoms with E-state index in [1.807, 2.05) is 60.7 Å². The molecule has 2 aromatic heterocycles. The van der Waals surface area contributed by atoms with Crippen molar-refractivity contribution < 1.29 is 4.42 Å². The number of aromatic nitrogens is 3. The lowest BCUT2D eigenvalue weighted by molar-refractivity contribution is 0.665. The van der Waals surface area contributed by atoms with Crippen LogP contribution in [0.3, 0.4) is 0 Å². The summed E-state index contributed by atoms with van der Waals surface area (Å²) in [5.74, 6) is 1.91. The maximum atomic E-state index is 6.86. The summed E-state index contributed by atoms with van der Waals surface area (Å²) in [6, 6.07) is 75.1. The molecule has 0 aliphatic heterocycles. The van der Waals surface area contributed by atoms with E-state index < -0.39 is 5.41 Å². The predicted octanol–water partition coefficient (Wildman–Crippen LogP) is 14.0. The van der Waals surface area contributed by atoms with Crippen molar-refractivity contribution >= 4 is 32.7 Å². The topological polar surface area (TPSA) is 51.8 Å². The van der Waals surface area contributed by atoms with E-state index in [0.717, 1.165) is 60.5 Å². The van der Waals surface area contributed by atoms with Crippen molar-refractivity contribution in [3.63, 3.8) is 0 Å². The van der Waals surface area contributed by atoms with Gasteiger partial charge in [0.2, 0.25) is 0 Å². The molecule has 2 heterocycles. The van der Waals surface area contributed by atoms with E-state index in [1.165, 1.54) is 33.4 Å². The van der Waals surface area contributed by atoms with Gasteiger partial charge in [-0.15, -0.1) is 0 Å². The summed E-state index contributed by atoms with van der Waals surface area (Å²) in [5, 5.41) is 4.35. The second-order valence-corrected chi connectivity index (χ2v) is 15.4. The highest BCUT2D eigenvalue weighted by Gasteiger charge is 2.46. The second kappa shape index (κ2) is 13.6. The van der Waals surface area contributed by atoms with E-state index in [1.54, 1.807) is 0 Å². The number of benzene rings is 9. The van der Waals surface area contributed by atoms with Crippen LogP contribution in [0.4, 0.5) is 0 Å². The van der Waals surface area contributed by atoms with Crippen molar-refractivity contribution in [2.45, 2.75) is 5.41 Å². The van der Waals surface area contributed by atoms with E-state index in [-0.39, 0.29) is 0 Å². The van der Waals surface area contributed by atoms with E-state index in [4.69, 9.17) is 19.4 Å². The molecule has 0 amide bonds. The fraction of sp³-hybridized carbons (Fsp3) is 0.0179. The van der Waals surface area contributed by atoms with E-state index in [2.05, 4.69) is 152 Å². The van der Waals surface area contributed by atoms with Crippen LogP contribution in [0.1, 0.15) is 22.3 Å². The fourth-order valence-corrected chi connectivity index (χ4v) is 9.65. The first-order valence-corrected chi connectivity index (χ1v) is 20.4. The van der Waals surface area contributed by atoms with E-state index >= 15 is 0 Å². The van der Waals surface area contributed by atoms with Crippen LogP contribution in [-0.4, -0.2) is 15.0 Å². The summed E-state index contributed by atoms with van der Waals surface area (Å²) in [6.07, 6.45) is 0. The molecule has 0 saturated heterocycles. The van der Waals surface area contributed by atoms with Crippen molar-refractivity contribution in [1.29, 1.82) is 0 Å². The van der Waals surface area contributed by atoms with Crippen molar-refractivity contribution in [1.82, 2.24) is 15.0 Å². The number of nitrogens with zero attached hydrogens (tertiary/aromatic N) is 3. The SMILES string of the molecule is c1ccc(-c2nc(-c3ccccc3)nc(-c3ccc(-c4cccc5oc6cc(C7(c8ccccc8)c8ccccc8-c8ccccc87)ccc6c45)c4ccccc34)n2)cc1. The van der Waals surface area contributed by atoms with Crippen LogP contribution >= 0.6 is 0 Å². The lowest BCUT2D eigenvalue weighted by Crippen LogP contribution is -2.28. The van der Waals surface area contributed by atoms with Gasteiger partial charge in [-0.25, -0.2) is 15.0 Å². The van der Waals surface area contributed by atoms with Gasteiger partial charge in [0.1, 0.15) is 11.2 Å². The first-order chi connectivity index (χ1) is 29.8. The third-order valence-corrected chi connectivity index (χ3v) is 12.2. The highest BCUT2D eigenvalue weighted by molar-refractivity contribution is 6.16. The molecule has 0 unspecified atom stereocenters. The Labute approximate surface area is 347 Å². The highest BCUT2D eigenvalue weighted by atomic mass is 16.3. The van der Waals surface area contributed by atoms with E-state index in [9.17, 15) is 0 Å². The molecule has 1 aliphatic rings. The van der Waals surface area contributed by atoms with Gasteiger partial charge in [0.15, 0.2) is 17.5 Å². The monoisotopic (exact) mass is 765 g/mol. The normalized spacial score (nSPS) is 12.8. The molecule has 11 aromatic rings. The molecule has 0 N–H and O–H groups in total. The zero-order chi connectivity index (χ0) is 39.6. The summed E-state index contributed by atoms with van der Waals surface area (Å²) >= 11 is 0. The molecular weight excluding hydrogens is 731 g/mol. The molecule has 12 rings (SSSR count). The molecule has 0 spiro atoms. The zero-order valence-corrected chi connectivity index (χ0v) is 32.5. The van der Waals surface area contributed by atoms with Gasteiger partial charge in [-0.3, -0.25) is 0 Å². The zero-order valence-electron chi connectivity index (χ0n) is 32.5. The van der Waals surface area contributed by atoms with Crippen LogP contribution in [0.2, 0.25) is 0 Å². The Morgan fingerprint density at radius 2 is 0.833 bits per heavy atom. The molecule has 0 radical (unpaired) electrons. The van der Waals surface area contributed by atoms with Crippen molar-refractivity contribution in [3.05, 3.63) is 235 Å². The minimum absolute atomic E-state index is 0.508. The van der Waals surface area contributed by atoms with Crippen molar-refractivity contribution in [2.24, 2.45) is 0 Å². The van der Waals surface area contributed by atoms with Crippen LogP contribution < -0.4 is 0 Å². The molecule has 0 fully saturated rings. The molecule has 1 aliphatic carbocycles. The van der Waals surface area contributed by atoms with E-state index in [0.29, 0.717) is 17.5 Å². The smallest absolute Gasteiger partial charge is 0.164 e. The molecule has 0 saturated carbocycles. The van der Waals surface area contributed by atoms with Crippen molar-refractivity contribution in [3.8, 4) is 56.4 Å². The number of fused-ring (bicyclic) bond motifs is 7. The lowest BCUT2D eigenvalue weighted by atomic mass is 9.67.